The monoisotopic (exact) mass is 287 g/mol. The van der Waals surface area contributed by atoms with Gasteiger partial charge in [0.2, 0.25) is 5.91 Å². The summed E-state index contributed by atoms with van der Waals surface area (Å²) in [5.41, 5.74) is 2.40. The lowest BCUT2D eigenvalue weighted by molar-refractivity contribution is -0.131. The number of aromatic nitrogens is 1. The lowest BCUT2D eigenvalue weighted by Crippen LogP contribution is -2.35. The summed E-state index contributed by atoms with van der Waals surface area (Å²) in [6, 6.07) is 8.60. The molecule has 1 aromatic carbocycles. The first-order valence-electron chi connectivity index (χ1n) is 7.57. The van der Waals surface area contributed by atoms with Crippen LogP contribution in [-0.2, 0) is 17.9 Å². The van der Waals surface area contributed by atoms with Crippen LogP contribution < -0.4 is 5.32 Å². The number of rotatable bonds is 6. The summed E-state index contributed by atoms with van der Waals surface area (Å²) in [6.45, 7) is 8.36. The van der Waals surface area contributed by atoms with Crippen molar-refractivity contribution in [1.82, 2.24) is 14.8 Å². The molecule has 1 aromatic heterocycles. The Morgan fingerprint density at radius 2 is 2.10 bits per heavy atom. The number of carbonyl (C=O) groups excluding carboxylic acids is 1. The van der Waals surface area contributed by atoms with Gasteiger partial charge in [-0.25, -0.2) is 0 Å². The van der Waals surface area contributed by atoms with Gasteiger partial charge in [0.25, 0.3) is 0 Å². The molecule has 4 heteroatoms. The predicted molar refractivity (Wildman–Crippen MR) is 87.2 cm³/mol. The molecule has 114 valence electrons. The molecule has 1 heterocycles. The quantitative estimate of drug-likeness (QED) is 0.887. The first-order valence-corrected chi connectivity index (χ1v) is 7.57. The van der Waals surface area contributed by atoms with Crippen LogP contribution in [-0.4, -0.2) is 35.0 Å². The molecule has 0 aliphatic heterocycles. The van der Waals surface area contributed by atoms with Gasteiger partial charge in [-0.2, -0.15) is 0 Å². The van der Waals surface area contributed by atoms with E-state index in [1.807, 2.05) is 31.7 Å². The zero-order chi connectivity index (χ0) is 15.4. The minimum absolute atomic E-state index is 0.139. The number of likely N-dealkylation sites (N-methyl/N-ethyl adjacent to an activating group) is 1. The van der Waals surface area contributed by atoms with Crippen LogP contribution in [0.5, 0.6) is 0 Å². The standard InChI is InChI=1S/C17H25N3O/c1-5-18-11-14-7-6-8-16-15(14)9-10-20(16)12-17(21)19(4)13(2)3/h6-10,13,18H,5,11-12H2,1-4H3. The Bertz CT molecular complexity index is 616. The highest BCUT2D eigenvalue weighted by Gasteiger charge is 2.14. The number of hydrogen-bond donors (Lipinski definition) is 1. The van der Waals surface area contributed by atoms with E-state index in [-0.39, 0.29) is 11.9 Å². The fourth-order valence-electron chi connectivity index (χ4n) is 2.38. The van der Waals surface area contributed by atoms with Gasteiger partial charge in [-0.1, -0.05) is 19.1 Å². The molecule has 0 radical (unpaired) electrons. The molecular weight excluding hydrogens is 262 g/mol. The third-order valence-electron chi connectivity index (χ3n) is 3.94. The molecular formula is C17H25N3O. The summed E-state index contributed by atoms with van der Waals surface area (Å²) in [5.74, 6) is 0.139. The van der Waals surface area contributed by atoms with E-state index in [4.69, 9.17) is 0 Å². The van der Waals surface area contributed by atoms with Crippen LogP contribution in [0.25, 0.3) is 10.9 Å². The Morgan fingerprint density at radius 3 is 2.76 bits per heavy atom. The maximum atomic E-state index is 12.2. The minimum Gasteiger partial charge on any atom is -0.342 e. The SMILES string of the molecule is CCNCc1cccc2c1ccn2CC(=O)N(C)C(C)C. The molecule has 2 aromatic rings. The van der Waals surface area contributed by atoms with Crippen molar-refractivity contribution in [2.24, 2.45) is 0 Å². The van der Waals surface area contributed by atoms with Gasteiger partial charge in [-0.05, 0) is 38.1 Å². The molecule has 1 amide bonds. The number of carbonyl (C=O) groups is 1. The molecule has 1 N–H and O–H groups in total. The van der Waals surface area contributed by atoms with Crippen LogP contribution >= 0.6 is 0 Å². The third kappa shape index (κ3) is 3.45. The van der Waals surface area contributed by atoms with Crippen molar-refractivity contribution in [3.8, 4) is 0 Å². The number of nitrogens with zero attached hydrogens (tertiary/aromatic N) is 2. The normalized spacial score (nSPS) is 11.3. The second-order valence-corrected chi connectivity index (χ2v) is 5.67. The Kier molecular flexibility index (Phi) is 5.02. The van der Waals surface area contributed by atoms with Gasteiger partial charge in [-0.3, -0.25) is 4.79 Å². The first kappa shape index (κ1) is 15.6. The summed E-state index contributed by atoms with van der Waals surface area (Å²) in [6.07, 6.45) is 2.01. The average Bonchev–Trinajstić information content (AvgIpc) is 2.87. The van der Waals surface area contributed by atoms with Crippen LogP contribution in [0.2, 0.25) is 0 Å². The van der Waals surface area contributed by atoms with Crippen molar-refractivity contribution in [1.29, 1.82) is 0 Å². The highest BCUT2D eigenvalue weighted by molar-refractivity contribution is 5.86. The largest absolute Gasteiger partial charge is 0.342 e. The van der Waals surface area contributed by atoms with E-state index in [9.17, 15) is 4.79 Å². The molecule has 0 saturated heterocycles. The van der Waals surface area contributed by atoms with Gasteiger partial charge in [-0.15, -0.1) is 0 Å². The summed E-state index contributed by atoms with van der Waals surface area (Å²) < 4.78 is 2.03. The van der Waals surface area contributed by atoms with Gasteiger partial charge in [0.15, 0.2) is 0 Å². The molecule has 21 heavy (non-hydrogen) atoms. The minimum atomic E-state index is 0.139. The van der Waals surface area contributed by atoms with E-state index in [1.165, 1.54) is 10.9 Å². The fraction of sp³-hybridized carbons (Fsp3) is 0.471. The zero-order valence-corrected chi connectivity index (χ0v) is 13.4. The number of hydrogen-bond acceptors (Lipinski definition) is 2. The van der Waals surface area contributed by atoms with Gasteiger partial charge in [0.05, 0.1) is 0 Å². The molecule has 0 fully saturated rings. The highest BCUT2D eigenvalue weighted by atomic mass is 16.2. The Balaban J connectivity index is 2.24. The Labute approximate surface area is 126 Å². The van der Waals surface area contributed by atoms with Crippen molar-refractivity contribution >= 4 is 16.8 Å². The molecule has 0 spiro atoms. The zero-order valence-electron chi connectivity index (χ0n) is 13.4. The predicted octanol–water partition coefficient (Wildman–Crippen LogP) is 2.62. The molecule has 2 rings (SSSR count). The van der Waals surface area contributed by atoms with Gasteiger partial charge in [0, 0.05) is 36.7 Å². The van der Waals surface area contributed by atoms with Crippen LogP contribution in [0.3, 0.4) is 0 Å². The van der Waals surface area contributed by atoms with E-state index >= 15 is 0 Å². The number of nitrogens with one attached hydrogen (secondary N) is 1. The maximum Gasteiger partial charge on any atom is 0.242 e. The molecule has 0 saturated carbocycles. The summed E-state index contributed by atoms with van der Waals surface area (Å²) in [7, 11) is 1.86. The topological polar surface area (TPSA) is 37.3 Å². The summed E-state index contributed by atoms with van der Waals surface area (Å²) >= 11 is 0. The van der Waals surface area contributed by atoms with Crippen molar-refractivity contribution in [2.45, 2.75) is 39.9 Å². The van der Waals surface area contributed by atoms with Gasteiger partial charge < -0.3 is 14.8 Å². The Morgan fingerprint density at radius 1 is 1.33 bits per heavy atom. The Hall–Kier alpha value is -1.81. The first-order chi connectivity index (χ1) is 10.0. The van der Waals surface area contributed by atoms with Gasteiger partial charge >= 0.3 is 0 Å². The van der Waals surface area contributed by atoms with Gasteiger partial charge in [0.1, 0.15) is 6.54 Å². The molecule has 0 bridgehead atoms. The van der Waals surface area contributed by atoms with Crippen LogP contribution in [0.15, 0.2) is 30.5 Å². The lowest BCUT2D eigenvalue weighted by Gasteiger charge is -2.22. The molecule has 0 aliphatic rings. The smallest absolute Gasteiger partial charge is 0.242 e. The molecule has 0 unspecified atom stereocenters. The highest BCUT2D eigenvalue weighted by Crippen LogP contribution is 2.20. The van der Waals surface area contributed by atoms with E-state index in [1.54, 1.807) is 4.90 Å². The van der Waals surface area contributed by atoms with Crippen molar-refractivity contribution in [2.75, 3.05) is 13.6 Å². The fourth-order valence-corrected chi connectivity index (χ4v) is 2.38. The van der Waals surface area contributed by atoms with Crippen LogP contribution in [0.1, 0.15) is 26.3 Å². The molecule has 0 aliphatic carbocycles. The second-order valence-electron chi connectivity index (χ2n) is 5.67. The number of amides is 1. The van der Waals surface area contributed by atoms with Crippen LogP contribution in [0.4, 0.5) is 0 Å². The van der Waals surface area contributed by atoms with E-state index in [0.717, 1.165) is 18.6 Å². The molecule has 0 atom stereocenters. The molecule has 4 nitrogen and oxygen atoms in total. The lowest BCUT2D eigenvalue weighted by atomic mass is 10.1. The second kappa shape index (κ2) is 6.76. The van der Waals surface area contributed by atoms with E-state index in [2.05, 4.69) is 36.5 Å². The van der Waals surface area contributed by atoms with Crippen molar-refractivity contribution in [3.63, 3.8) is 0 Å². The summed E-state index contributed by atoms with van der Waals surface area (Å²) in [4.78, 5) is 14.0. The number of fused-ring (bicyclic) bond motifs is 1. The average molecular weight is 287 g/mol. The third-order valence-corrected chi connectivity index (χ3v) is 3.94. The number of benzene rings is 1. The van der Waals surface area contributed by atoms with Crippen molar-refractivity contribution < 1.29 is 4.79 Å². The van der Waals surface area contributed by atoms with E-state index in [0.29, 0.717) is 6.54 Å². The van der Waals surface area contributed by atoms with E-state index < -0.39 is 0 Å². The van der Waals surface area contributed by atoms with Crippen LogP contribution in [0, 0.1) is 0 Å². The summed E-state index contributed by atoms with van der Waals surface area (Å²) in [5, 5.41) is 4.58. The maximum absolute atomic E-state index is 12.2. The van der Waals surface area contributed by atoms with Crippen molar-refractivity contribution in [3.05, 3.63) is 36.0 Å².